The summed E-state index contributed by atoms with van der Waals surface area (Å²) in [5, 5.41) is 11.4. The molecule has 1 aromatic carbocycles. The van der Waals surface area contributed by atoms with Crippen molar-refractivity contribution in [3.8, 4) is 0 Å². The average molecular weight is 326 g/mol. The second kappa shape index (κ2) is 7.09. The summed E-state index contributed by atoms with van der Waals surface area (Å²) in [6, 6.07) is 6.57. The summed E-state index contributed by atoms with van der Waals surface area (Å²) in [5.41, 5.74) is 0.856. The number of benzene rings is 1. The number of hydrogen-bond donors (Lipinski definition) is 2. The van der Waals surface area contributed by atoms with Crippen molar-refractivity contribution in [2.75, 3.05) is 0 Å². The molecule has 0 aliphatic rings. The maximum atomic E-state index is 11.7. The van der Waals surface area contributed by atoms with Gasteiger partial charge in [0.1, 0.15) is 6.04 Å². The van der Waals surface area contributed by atoms with Crippen molar-refractivity contribution in [2.45, 2.75) is 19.9 Å². The Labute approximate surface area is 120 Å². The minimum absolute atomic E-state index is 0.168. The molecule has 0 heterocycles. The van der Waals surface area contributed by atoms with Crippen LogP contribution in [-0.4, -0.2) is 23.0 Å². The molecule has 0 aliphatic carbocycles. The van der Waals surface area contributed by atoms with Gasteiger partial charge >= 0.3 is 5.97 Å². The summed E-state index contributed by atoms with van der Waals surface area (Å²) in [5.74, 6) is -1.62. The summed E-state index contributed by atoms with van der Waals surface area (Å²) in [7, 11) is 0. The molecule has 0 fully saturated rings. The van der Waals surface area contributed by atoms with Crippen molar-refractivity contribution in [3.05, 3.63) is 40.4 Å². The number of carboxylic acid groups (broad SMARTS) is 1. The van der Waals surface area contributed by atoms with Gasteiger partial charge in [-0.25, -0.2) is 4.79 Å². The first kappa shape index (κ1) is 15.4. The first-order chi connectivity index (χ1) is 8.91. The number of aliphatic carboxylic acids is 1. The Bertz CT molecular complexity index is 497. The largest absolute Gasteiger partial charge is 0.480 e. The number of rotatable bonds is 5. The summed E-state index contributed by atoms with van der Waals surface area (Å²) in [4.78, 5) is 22.6. The molecule has 0 radical (unpaired) electrons. The number of carbonyl (C=O) groups is 2. The lowest BCUT2D eigenvalue weighted by molar-refractivity contribution is -0.142. The third-order valence-corrected chi connectivity index (χ3v) is 3.27. The van der Waals surface area contributed by atoms with Gasteiger partial charge < -0.3 is 10.4 Å². The summed E-state index contributed by atoms with van der Waals surface area (Å²) in [6.07, 6.45) is 2.97. The van der Waals surface area contributed by atoms with Gasteiger partial charge in [-0.15, -0.1) is 0 Å². The maximum absolute atomic E-state index is 11.7. The fourth-order valence-corrected chi connectivity index (χ4v) is 1.91. The highest BCUT2D eigenvalue weighted by atomic mass is 79.9. The highest BCUT2D eigenvalue weighted by molar-refractivity contribution is 9.10. The molecule has 0 saturated carbocycles. The van der Waals surface area contributed by atoms with Gasteiger partial charge in [0.15, 0.2) is 0 Å². The molecule has 1 rings (SSSR count). The number of hydrogen-bond acceptors (Lipinski definition) is 2. The van der Waals surface area contributed by atoms with Crippen LogP contribution in [0.4, 0.5) is 0 Å². The highest BCUT2D eigenvalue weighted by Crippen LogP contribution is 2.17. The molecule has 19 heavy (non-hydrogen) atoms. The Hall–Kier alpha value is -1.62. The Morgan fingerprint density at radius 2 is 1.95 bits per heavy atom. The van der Waals surface area contributed by atoms with E-state index in [4.69, 9.17) is 5.11 Å². The normalized spacial score (nSPS) is 12.6. The molecular weight excluding hydrogens is 310 g/mol. The average Bonchev–Trinajstić information content (AvgIpc) is 2.34. The summed E-state index contributed by atoms with van der Waals surface area (Å²) in [6.45, 7) is 3.49. The second-order valence-corrected chi connectivity index (χ2v) is 5.28. The molecule has 0 bridgehead atoms. The molecule has 1 atom stereocenters. The zero-order chi connectivity index (χ0) is 14.4. The fraction of sp³-hybridized carbons (Fsp3) is 0.286. The Morgan fingerprint density at radius 3 is 2.47 bits per heavy atom. The second-order valence-electron chi connectivity index (χ2n) is 4.42. The third-order valence-electron chi connectivity index (χ3n) is 2.55. The van der Waals surface area contributed by atoms with Crippen LogP contribution >= 0.6 is 15.9 Å². The molecule has 4 nitrogen and oxygen atoms in total. The lowest BCUT2D eigenvalue weighted by atomic mass is 10.0. The van der Waals surface area contributed by atoms with Gasteiger partial charge in [-0.2, -0.15) is 0 Å². The monoisotopic (exact) mass is 325 g/mol. The van der Waals surface area contributed by atoms with Crippen molar-refractivity contribution < 1.29 is 14.7 Å². The van der Waals surface area contributed by atoms with Crippen LogP contribution in [0.5, 0.6) is 0 Å². The van der Waals surface area contributed by atoms with Gasteiger partial charge in [-0.05, 0) is 23.6 Å². The van der Waals surface area contributed by atoms with E-state index in [2.05, 4.69) is 21.2 Å². The van der Waals surface area contributed by atoms with Crippen LogP contribution in [0.1, 0.15) is 19.4 Å². The SMILES string of the molecule is CC(C)[C@H](NC(=O)/C=C/c1ccccc1Br)C(=O)O. The van der Waals surface area contributed by atoms with Gasteiger partial charge in [0.25, 0.3) is 0 Å². The van der Waals surface area contributed by atoms with E-state index in [1.165, 1.54) is 6.08 Å². The van der Waals surface area contributed by atoms with E-state index in [9.17, 15) is 9.59 Å². The van der Waals surface area contributed by atoms with Crippen molar-refractivity contribution in [1.82, 2.24) is 5.32 Å². The van der Waals surface area contributed by atoms with Crippen LogP contribution in [0, 0.1) is 5.92 Å². The van der Waals surface area contributed by atoms with Crippen LogP contribution in [0.15, 0.2) is 34.8 Å². The Morgan fingerprint density at radius 1 is 1.32 bits per heavy atom. The predicted octanol–water partition coefficient (Wildman–Crippen LogP) is 2.69. The van der Waals surface area contributed by atoms with Gasteiger partial charge in [-0.3, -0.25) is 4.79 Å². The lowest BCUT2D eigenvalue weighted by Crippen LogP contribution is -2.43. The quantitative estimate of drug-likeness (QED) is 0.818. The maximum Gasteiger partial charge on any atom is 0.326 e. The van der Waals surface area contributed by atoms with E-state index in [1.807, 2.05) is 24.3 Å². The topological polar surface area (TPSA) is 66.4 Å². The summed E-state index contributed by atoms with van der Waals surface area (Å²) < 4.78 is 0.873. The number of halogens is 1. The van der Waals surface area contributed by atoms with E-state index in [0.717, 1.165) is 10.0 Å². The smallest absolute Gasteiger partial charge is 0.326 e. The van der Waals surface area contributed by atoms with E-state index < -0.39 is 17.9 Å². The zero-order valence-corrected chi connectivity index (χ0v) is 12.3. The van der Waals surface area contributed by atoms with Crippen molar-refractivity contribution in [1.29, 1.82) is 0 Å². The van der Waals surface area contributed by atoms with Gasteiger partial charge in [0.05, 0.1) is 0 Å². The molecule has 1 aromatic rings. The molecule has 0 saturated heterocycles. The predicted molar refractivity (Wildman–Crippen MR) is 77.6 cm³/mol. The summed E-state index contributed by atoms with van der Waals surface area (Å²) >= 11 is 3.37. The minimum Gasteiger partial charge on any atom is -0.480 e. The standard InChI is InChI=1S/C14H16BrNO3/c1-9(2)13(14(18)19)16-12(17)8-7-10-5-3-4-6-11(10)15/h3-9,13H,1-2H3,(H,16,17)(H,18,19)/b8-7+/t13-/m0/s1. The molecule has 2 N–H and O–H groups in total. The van der Waals surface area contributed by atoms with E-state index in [1.54, 1.807) is 19.9 Å². The highest BCUT2D eigenvalue weighted by Gasteiger charge is 2.22. The molecule has 0 aliphatic heterocycles. The number of amides is 1. The molecular formula is C14H16BrNO3. The van der Waals surface area contributed by atoms with Crippen molar-refractivity contribution in [2.24, 2.45) is 5.92 Å². The third kappa shape index (κ3) is 4.87. The van der Waals surface area contributed by atoms with Crippen molar-refractivity contribution in [3.63, 3.8) is 0 Å². The first-order valence-corrected chi connectivity index (χ1v) is 6.67. The number of nitrogens with one attached hydrogen (secondary N) is 1. The first-order valence-electron chi connectivity index (χ1n) is 5.87. The lowest BCUT2D eigenvalue weighted by Gasteiger charge is -2.16. The van der Waals surface area contributed by atoms with Crippen LogP contribution in [0.2, 0.25) is 0 Å². The molecule has 0 aromatic heterocycles. The van der Waals surface area contributed by atoms with Crippen molar-refractivity contribution >= 4 is 33.9 Å². The number of carboxylic acids is 1. The van der Waals surface area contributed by atoms with Gasteiger partial charge in [0, 0.05) is 10.5 Å². The van der Waals surface area contributed by atoms with Crippen LogP contribution in [0.3, 0.4) is 0 Å². The Kier molecular flexibility index (Phi) is 5.76. The zero-order valence-electron chi connectivity index (χ0n) is 10.8. The number of carbonyl (C=O) groups excluding carboxylic acids is 1. The van der Waals surface area contributed by atoms with Crippen LogP contribution < -0.4 is 5.32 Å². The van der Waals surface area contributed by atoms with Crippen LogP contribution in [0.25, 0.3) is 6.08 Å². The fourth-order valence-electron chi connectivity index (χ4n) is 1.49. The molecule has 0 spiro atoms. The van der Waals surface area contributed by atoms with Gasteiger partial charge in [-0.1, -0.05) is 48.0 Å². The minimum atomic E-state index is -1.03. The van der Waals surface area contributed by atoms with Crippen LogP contribution in [-0.2, 0) is 9.59 Å². The molecule has 102 valence electrons. The van der Waals surface area contributed by atoms with E-state index >= 15 is 0 Å². The van der Waals surface area contributed by atoms with Gasteiger partial charge in [0.2, 0.25) is 5.91 Å². The molecule has 1 amide bonds. The van der Waals surface area contributed by atoms with E-state index in [-0.39, 0.29) is 5.92 Å². The molecule has 5 heteroatoms. The Balaban J connectivity index is 2.70. The molecule has 0 unspecified atom stereocenters. The van der Waals surface area contributed by atoms with E-state index in [0.29, 0.717) is 0 Å².